The SMILES string of the molecule is O=Cc1cc(Cl)cc(Cl)c1OCCOc1ccc(Br)cc1. The molecule has 0 saturated carbocycles. The second-order valence-corrected chi connectivity index (χ2v) is 5.83. The molecule has 0 aromatic heterocycles. The van der Waals surface area contributed by atoms with Gasteiger partial charge in [0.2, 0.25) is 0 Å². The maximum Gasteiger partial charge on any atom is 0.153 e. The largest absolute Gasteiger partial charge is 0.490 e. The third kappa shape index (κ3) is 4.63. The summed E-state index contributed by atoms with van der Waals surface area (Å²) >= 11 is 15.2. The van der Waals surface area contributed by atoms with Gasteiger partial charge in [-0.25, -0.2) is 0 Å². The van der Waals surface area contributed by atoms with Crippen LogP contribution in [0.4, 0.5) is 0 Å². The maximum absolute atomic E-state index is 11.0. The van der Waals surface area contributed by atoms with Gasteiger partial charge in [0.15, 0.2) is 6.29 Å². The zero-order valence-corrected chi connectivity index (χ0v) is 13.9. The zero-order chi connectivity index (χ0) is 15.2. The molecule has 0 aliphatic heterocycles. The van der Waals surface area contributed by atoms with Gasteiger partial charge in [0.1, 0.15) is 24.7 Å². The van der Waals surface area contributed by atoms with E-state index in [2.05, 4.69) is 15.9 Å². The molecule has 0 fully saturated rings. The quantitative estimate of drug-likeness (QED) is 0.513. The van der Waals surface area contributed by atoms with Crippen molar-refractivity contribution < 1.29 is 14.3 Å². The van der Waals surface area contributed by atoms with E-state index in [1.54, 1.807) is 0 Å². The second kappa shape index (κ2) is 7.69. The van der Waals surface area contributed by atoms with Crippen molar-refractivity contribution in [2.45, 2.75) is 0 Å². The number of hydrogen-bond donors (Lipinski definition) is 0. The number of ether oxygens (including phenoxy) is 2. The van der Waals surface area contributed by atoms with Crippen molar-refractivity contribution in [2.75, 3.05) is 13.2 Å². The summed E-state index contributed by atoms with van der Waals surface area (Å²) in [4.78, 5) is 11.0. The fourth-order valence-electron chi connectivity index (χ4n) is 1.65. The first kappa shape index (κ1) is 16.1. The van der Waals surface area contributed by atoms with Crippen LogP contribution in [0.3, 0.4) is 0 Å². The maximum atomic E-state index is 11.0. The number of benzene rings is 2. The van der Waals surface area contributed by atoms with Crippen molar-refractivity contribution in [1.82, 2.24) is 0 Å². The van der Waals surface area contributed by atoms with E-state index in [1.165, 1.54) is 12.1 Å². The van der Waals surface area contributed by atoms with Crippen molar-refractivity contribution in [3.05, 3.63) is 56.5 Å². The molecule has 2 aromatic rings. The molecule has 0 spiro atoms. The Labute approximate surface area is 140 Å². The highest BCUT2D eigenvalue weighted by Crippen LogP contribution is 2.31. The van der Waals surface area contributed by atoms with E-state index in [4.69, 9.17) is 32.7 Å². The summed E-state index contributed by atoms with van der Waals surface area (Å²) in [7, 11) is 0. The lowest BCUT2D eigenvalue weighted by molar-refractivity contribution is 0.111. The van der Waals surface area contributed by atoms with E-state index in [9.17, 15) is 4.79 Å². The van der Waals surface area contributed by atoms with Crippen molar-refractivity contribution in [2.24, 2.45) is 0 Å². The molecule has 0 heterocycles. The molecular formula is C15H11BrCl2O3. The smallest absolute Gasteiger partial charge is 0.153 e. The Morgan fingerprint density at radius 3 is 2.38 bits per heavy atom. The lowest BCUT2D eigenvalue weighted by atomic mass is 10.2. The topological polar surface area (TPSA) is 35.5 Å². The highest BCUT2D eigenvalue weighted by atomic mass is 79.9. The molecule has 6 heteroatoms. The molecule has 0 amide bonds. The van der Waals surface area contributed by atoms with E-state index < -0.39 is 0 Å². The Hall–Kier alpha value is -1.23. The summed E-state index contributed by atoms with van der Waals surface area (Å²) in [5.41, 5.74) is 0.316. The van der Waals surface area contributed by atoms with Gasteiger partial charge in [-0.15, -0.1) is 0 Å². The number of hydrogen-bond acceptors (Lipinski definition) is 3. The molecule has 0 atom stereocenters. The first-order chi connectivity index (χ1) is 10.1. The average molecular weight is 390 g/mol. The minimum atomic E-state index is 0.262. The van der Waals surface area contributed by atoms with Crippen LogP contribution >= 0.6 is 39.1 Å². The average Bonchev–Trinajstić information content (AvgIpc) is 2.46. The van der Waals surface area contributed by atoms with E-state index in [-0.39, 0.29) is 6.61 Å². The van der Waals surface area contributed by atoms with Gasteiger partial charge in [0, 0.05) is 9.50 Å². The van der Waals surface area contributed by atoms with Crippen LogP contribution in [0.2, 0.25) is 10.0 Å². The zero-order valence-electron chi connectivity index (χ0n) is 10.8. The fraction of sp³-hybridized carbons (Fsp3) is 0.133. The summed E-state index contributed by atoms with van der Waals surface area (Å²) in [6.45, 7) is 0.594. The van der Waals surface area contributed by atoms with E-state index in [0.29, 0.717) is 34.3 Å². The van der Waals surface area contributed by atoms with Crippen LogP contribution in [0, 0.1) is 0 Å². The van der Waals surface area contributed by atoms with Crippen molar-refractivity contribution >= 4 is 45.4 Å². The van der Waals surface area contributed by atoms with Crippen LogP contribution in [-0.2, 0) is 0 Å². The van der Waals surface area contributed by atoms with Gasteiger partial charge in [-0.05, 0) is 36.4 Å². The van der Waals surface area contributed by atoms with Gasteiger partial charge in [0.25, 0.3) is 0 Å². The van der Waals surface area contributed by atoms with Crippen LogP contribution in [0.15, 0.2) is 40.9 Å². The van der Waals surface area contributed by atoms with Gasteiger partial charge in [-0.2, -0.15) is 0 Å². The summed E-state index contributed by atoms with van der Waals surface area (Å²) in [6.07, 6.45) is 0.655. The van der Waals surface area contributed by atoms with Crippen LogP contribution in [0.25, 0.3) is 0 Å². The van der Waals surface area contributed by atoms with Crippen molar-refractivity contribution in [3.63, 3.8) is 0 Å². The fourth-order valence-corrected chi connectivity index (χ4v) is 2.48. The number of halogens is 3. The second-order valence-electron chi connectivity index (χ2n) is 4.07. The predicted molar refractivity (Wildman–Crippen MR) is 87.0 cm³/mol. The normalized spacial score (nSPS) is 10.2. The summed E-state index contributed by atoms with van der Waals surface area (Å²) in [6, 6.07) is 10.5. The summed E-state index contributed by atoms with van der Waals surface area (Å²) in [5.74, 6) is 1.05. The van der Waals surface area contributed by atoms with Crippen LogP contribution in [-0.4, -0.2) is 19.5 Å². The number of carbonyl (C=O) groups excluding carboxylic acids is 1. The van der Waals surface area contributed by atoms with E-state index >= 15 is 0 Å². The Morgan fingerprint density at radius 2 is 1.71 bits per heavy atom. The van der Waals surface area contributed by atoms with Crippen LogP contribution in [0.5, 0.6) is 11.5 Å². The lowest BCUT2D eigenvalue weighted by Crippen LogP contribution is -2.10. The van der Waals surface area contributed by atoms with E-state index in [1.807, 2.05) is 24.3 Å². The number of rotatable bonds is 6. The molecule has 0 aliphatic carbocycles. The summed E-state index contributed by atoms with van der Waals surface area (Å²) in [5, 5.41) is 0.689. The summed E-state index contributed by atoms with van der Waals surface area (Å²) < 4.78 is 12.0. The highest BCUT2D eigenvalue weighted by molar-refractivity contribution is 9.10. The minimum Gasteiger partial charge on any atom is -0.490 e. The molecule has 110 valence electrons. The molecule has 0 aliphatic rings. The monoisotopic (exact) mass is 388 g/mol. The lowest BCUT2D eigenvalue weighted by Gasteiger charge is -2.11. The Bertz CT molecular complexity index is 630. The molecule has 2 rings (SSSR count). The van der Waals surface area contributed by atoms with Crippen molar-refractivity contribution in [3.8, 4) is 11.5 Å². The molecule has 0 radical (unpaired) electrons. The standard InChI is InChI=1S/C15H11BrCl2O3/c16-11-1-3-13(4-2-11)20-5-6-21-15-10(9-19)7-12(17)8-14(15)18/h1-4,7-9H,5-6H2. The molecular weight excluding hydrogens is 379 g/mol. The molecule has 0 unspecified atom stereocenters. The number of aldehydes is 1. The third-order valence-corrected chi connectivity index (χ3v) is 3.60. The van der Waals surface area contributed by atoms with Crippen molar-refractivity contribution in [1.29, 1.82) is 0 Å². The molecule has 0 bridgehead atoms. The number of carbonyl (C=O) groups is 1. The van der Waals surface area contributed by atoms with E-state index in [0.717, 1.165) is 10.2 Å². The third-order valence-electron chi connectivity index (χ3n) is 2.58. The first-order valence-electron chi connectivity index (χ1n) is 6.05. The van der Waals surface area contributed by atoms with Gasteiger partial charge in [-0.1, -0.05) is 39.1 Å². The minimum absolute atomic E-state index is 0.262. The Kier molecular flexibility index (Phi) is 5.91. The van der Waals surface area contributed by atoms with Gasteiger partial charge in [-0.3, -0.25) is 4.79 Å². The van der Waals surface area contributed by atoms with Gasteiger partial charge >= 0.3 is 0 Å². The van der Waals surface area contributed by atoms with Gasteiger partial charge in [0.05, 0.1) is 10.6 Å². The molecule has 21 heavy (non-hydrogen) atoms. The first-order valence-corrected chi connectivity index (χ1v) is 7.60. The Balaban J connectivity index is 1.91. The molecule has 0 N–H and O–H groups in total. The van der Waals surface area contributed by atoms with Crippen LogP contribution < -0.4 is 9.47 Å². The highest BCUT2D eigenvalue weighted by Gasteiger charge is 2.10. The molecule has 0 saturated heterocycles. The Morgan fingerprint density at radius 1 is 1.05 bits per heavy atom. The van der Waals surface area contributed by atoms with Crippen LogP contribution in [0.1, 0.15) is 10.4 Å². The van der Waals surface area contributed by atoms with Gasteiger partial charge < -0.3 is 9.47 Å². The predicted octanol–water partition coefficient (Wildman–Crippen LogP) is 5.03. The molecule has 3 nitrogen and oxygen atoms in total. The molecule has 2 aromatic carbocycles.